The molecular weight excluding hydrogens is 358 g/mol. The summed E-state index contributed by atoms with van der Waals surface area (Å²) < 4.78 is 12.1. The van der Waals surface area contributed by atoms with Gasteiger partial charge in [0, 0.05) is 10.0 Å². The summed E-state index contributed by atoms with van der Waals surface area (Å²) in [6.07, 6.45) is 0. The number of hydrogen-bond acceptors (Lipinski definition) is 5. The fraction of sp³-hybridized carbons (Fsp3) is 0.214. The summed E-state index contributed by atoms with van der Waals surface area (Å²) in [6, 6.07) is 6.72. The molecule has 7 heteroatoms. The molecule has 21 heavy (non-hydrogen) atoms. The van der Waals surface area contributed by atoms with Crippen LogP contribution in [0.2, 0.25) is 0 Å². The van der Waals surface area contributed by atoms with Crippen LogP contribution in [0.1, 0.15) is 33.5 Å². The van der Waals surface area contributed by atoms with E-state index in [0.29, 0.717) is 5.56 Å². The van der Waals surface area contributed by atoms with Crippen LogP contribution in [0.5, 0.6) is 0 Å². The Kier molecular flexibility index (Phi) is 4.74. The first-order valence-corrected chi connectivity index (χ1v) is 7.35. The van der Waals surface area contributed by atoms with E-state index in [1.807, 2.05) is 0 Å². The Morgan fingerprint density at radius 3 is 2.52 bits per heavy atom. The number of esters is 1. The minimum absolute atomic E-state index is 0.0229. The molecule has 0 atom stereocenters. The summed E-state index contributed by atoms with van der Waals surface area (Å²) in [6.45, 7) is 3.44. The number of nitrogens with zero attached hydrogens (tertiary/aromatic N) is 1. The zero-order valence-electron chi connectivity index (χ0n) is 11.4. The van der Waals surface area contributed by atoms with Gasteiger partial charge in [-0.2, -0.15) is 0 Å². The highest BCUT2D eigenvalue weighted by Crippen LogP contribution is 2.18. The monoisotopic (exact) mass is 369 g/mol. The fourth-order valence-corrected chi connectivity index (χ4v) is 2.38. The maximum absolute atomic E-state index is 12.5. The van der Waals surface area contributed by atoms with Gasteiger partial charge in [0.05, 0.1) is 6.61 Å². The number of carbonyl (C=O) groups excluding carboxylic acids is 2. The number of benzene rings is 1. The summed E-state index contributed by atoms with van der Waals surface area (Å²) in [4.78, 5) is 24.4. The molecule has 0 unspecified atom stereocenters. The van der Waals surface area contributed by atoms with E-state index in [1.54, 1.807) is 38.1 Å². The third-order valence-electron chi connectivity index (χ3n) is 2.74. The number of rotatable bonds is 3. The minimum atomic E-state index is -0.639. The van der Waals surface area contributed by atoms with Crippen LogP contribution in [-0.4, -0.2) is 23.1 Å². The van der Waals surface area contributed by atoms with Crippen molar-refractivity contribution in [3.05, 3.63) is 50.6 Å². The lowest BCUT2D eigenvalue weighted by Crippen LogP contribution is -2.20. The average Bonchev–Trinajstić information content (AvgIpc) is 2.73. The van der Waals surface area contributed by atoms with E-state index in [1.165, 1.54) is 0 Å². The van der Waals surface area contributed by atoms with E-state index < -0.39 is 11.9 Å². The fourth-order valence-electron chi connectivity index (χ4n) is 1.81. The van der Waals surface area contributed by atoms with Gasteiger partial charge < -0.3 is 9.15 Å². The van der Waals surface area contributed by atoms with Gasteiger partial charge in [0.2, 0.25) is 0 Å². The Morgan fingerprint density at radius 2 is 1.95 bits per heavy atom. The van der Waals surface area contributed by atoms with Crippen molar-refractivity contribution in [2.75, 3.05) is 6.61 Å². The Morgan fingerprint density at radius 1 is 1.33 bits per heavy atom. The molecule has 5 nitrogen and oxygen atoms in total. The molecule has 2 aromatic rings. The molecule has 0 amide bonds. The van der Waals surface area contributed by atoms with Crippen molar-refractivity contribution in [2.24, 2.45) is 0 Å². The quantitative estimate of drug-likeness (QED) is 0.608. The van der Waals surface area contributed by atoms with Gasteiger partial charge in [0.1, 0.15) is 5.76 Å². The van der Waals surface area contributed by atoms with Gasteiger partial charge in [-0.25, -0.2) is 9.36 Å². The molecule has 0 spiro atoms. The lowest BCUT2D eigenvalue weighted by atomic mass is 10.2. The van der Waals surface area contributed by atoms with E-state index in [-0.39, 0.29) is 22.9 Å². The number of carbonyl (C=O) groups is 2. The largest absolute Gasteiger partial charge is 0.461 e. The number of aromatic nitrogens is 1. The summed E-state index contributed by atoms with van der Waals surface area (Å²) >= 11 is 8.32. The molecule has 1 heterocycles. The molecule has 0 aliphatic carbocycles. The van der Waals surface area contributed by atoms with E-state index in [9.17, 15) is 9.59 Å². The molecule has 0 N–H and O–H groups in total. The van der Waals surface area contributed by atoms with Crippen LogP contribution in [0.15, 0.2) is 33.2 Å². The second-order valence-electron chi connectivity index (χ2n) is 4.14. The van der Waals surface area contributed by atoms with E-state index in [2.05, 4.69) is 15.9 Å². The molecule has 0 fully saturated rings. The molecule has 0 saturated carbocycles. The van der Waals surface area contributed by atoms with Gasteiger partial charge >= 0.3 is 5.97 Å². The molecular formula is C14H12BrNO4S. The molecule has 0 aliphatic heterocycles. The summed E-state index contributed by atoms with van der Waals surface area (Å²) in [5.41, 5.74) is 0.412. The highest BCUT2D eigenvalue weighted by molar-refractivity contribution is 9.10. The first-order chi connectivity index (χ1) is 9.95. The molecule has 110 valence electrons. The van der Waals surface area contributed by atoms with Crippen LogP contribution in [-0.2, 0) is 4.74 Å². The highest BCUT2D eigenvalue weighted by atomic mass is 79.9. The van der Waals surface area contributed by atoms with Gasteiger partial charge in [-0.3, -0.25) is 4.79 Å². The predicted molar refractivity (Wildman–Crippen MR) is 82.1 cm³/mol. The van der Waals surface area contributed by atoms with Crippen LogP contribution in [0.25, 0.3) is 0 Å². The van der Waals surface area contributed by atoms with E-state index in [4.69, 9.17) is 21.4 Å². The second-order valence-corrected chi connectivity index (χ2v) is 5.41. The number of hydrogen-bond donors (Lipinski definition) is 0. The average molecular weight is 370 g/mol. The van der Waals surface area contributed by atoms with Crippen molar-refractivity contribution in [3.8, 4) is 0 Å². The zero-order chi connectivity index (χ0) is 15.6. The van der Waals surface area contributed by atoms with Crippen molar-refractivity contribution < 1.29 is 18.7 Å². The van der Waals surface area contributed by atoms with Gasteiger partial charge in [-0.05, 0) is 50.3 Å². The van der Waals surface area contributed by atoms with E-state index >= 15 is 0 Å². The van der Waals surface area contributed by atoms with Crippen molar-refractivity contribution in [1.82, 2.24) is 4.57 Å². The third kappa shape index (κ3) is 3.14. The van der Waals surface area contributed by atoms with E-state index in [0.717, 1.165) is 9.04 Å². The van der Waals surface area contributed by atoms with Crippen LogP contribution >= 0.6 is 28.1 Å². The summed E-state index contributed by atoms with van der Waals surface area (Å²) in [7, 11) is 0. The van der Waals surface area contributed by atoms with Gasteiger partial charge in [-0.1, -0.05) is 15.9 Å². The number of aryl methyl sites for hydroxylation is 1. The molecule has 0 aliphatic rings. The first kappa shape index (κ1) is 15.7. The second kappa shape index (κ2) is 6.36. The lowest BCUT2D eigenvalue weighted by Gasteiger charge is -2.06. The van der Waals surface area contributed by atoms with Gasteiger partial charge in [0.25, 0.3) is 10.7 Å². The number of ether oxygens (including phenoxy) is 1. The van der Waals surface area contributed by atoms with Gasteiger partial charge in [-0.15, -0.1) is 0 Å². The Hall–Kier alpha value is -1.73. The van der Waals surface area contributed by atoms with Crippen LogP contribution in [0, 0.1) is 11.8 Å². The van der Waals surface area contributed by atoms with Crippen LogP contribution in [0.3, 0.4) is 0 Å². The number of halogens is 1. The highest BCUT2D eigenvalue weighted by Gasteiger charge is 2.25. The Balaban J connectivity index is 2.53. The lowest BCUT2D eigenvalue weighted by molar-refractivity contribution is 0.0508. The van der Waals surface area contributed by atoms with Gasteiger partial charge in [0.15, 0.2) is 5.69 Å². The molecule has 2 rings (SSSR count). The summed E-state index contributed by atoms with van der Waals surface area (Å²) in [5.74, 6) is -0.823. The van der Waals surface area contributed by atoms with Crippen molar-refractivity contribution in [1.29, 1.82) is 0 Å². The smallest absolute Gasteiger partial charge is 0.359 e. The zero-order valence-corrected chi connectivity index (χ0v) is 13.8. The third-order valence-corrected chi connectivity index (χ3v) is 3.54. The molecule has 0 radical (unpaired) electrons. The maximum atomic E-state index is 12.5. The van der Waals surface area contributed by atoms with Crippen molar-refractivity contribution >= 4 is 40.0 Å². The minimum Gasteiger partial charge on any atom is -0.461 e. The van der Waals surface area contributed by atoms with Crippen LogP contribution < -0.4 is 0 Å². The Bertz CT molecular complexity index is 745. The normalized spacial score (nSPS) is 10.4. The predicted octanol–water partition coefficient (Wildman–Crippen LogP) is 3.75. The molecule has 0 bridgehead atoms. The Labute approximate surface area is 134 Å². The van der Waals surface area contributed by atoms with Crippen LogP contribution in [0.4, 0.5) is 0 Å². The van der Waals surface area contributed by atoms with Crippen molar-refractivity contribution in [3.63, 3.8) is 0 Å². The molecule has 1 aromatic heterocycles. The number of oxazole rings is 1. The standard InChI is InChI=1S/C14H12BrNO4S/c1-3-19-13(18)11-8(2)20-14(21)16(11)12(17)9-4-6-10(15)7-5-9/h4-7H,3H2,1-2H3. The first-order valence-electron chi connectivity index (χ1n) is 6.15. The summed E-state index contributed by atoms with van der Waals surface area (Å²) in [5, 5.41) is 0. The SMILES string of the molecule is CCOC(=O)c1c(C)oc(=S)n1C(=O)c1ccc(Br)cc1. The molecule has 0 saturated heterocycles. The molecule has 1 aromatic carbocycles. The topological polar surface area (TPSA) is 61.4 Å². The maximum Gasteiger partial charge on any atom is 0.359 e. The van der Waals surface area contributed by atoms with Crippen molar-refractivity contribution in [2.45, 2.75) is 13.8 Å².